The van der Waals surface area contributed by atoms with Gasteiger partial charge < -0.3 is 9.47 Å². The number of ether oxygens (including phenoxy) is 2. The summed E-state index contributed by atoms with van der Waals surface area (Å²) < 4.78 is 11.0. The average Bonchev–Trinajstić information content (AvgIpc) is 2.80. The van der Waals surface area contributed by atoms with Crippen LogP contribution in [0.3, 0.4) is 0 Å². The van der Waals surface area contributed by atoms with E-state index in [0.29, 0.717) is 12.1 Å². The Morgan fingerprint density at radius 1 is 1.50 bits per heavy atom. The molecule has 1 fully saturated rings. The van der Waals surface area contributed by atoms with Crippen molar-refractivity contribution >= 4 is 0 Å². The molecule has 18 heavy (non-hydrogen) atoms. The minimum Gasteiger partial charge on any atom is -0.379 e. The van der Waals surface area contributed by atoms with Gasteiger partial charge in [0.25, 0.3) is 0 Å². The Morgan fingerprint density at radius 3 is 2.83 bits per heavy atom. The van der Waals surface area contributed by atoms with E-state index in [1.807, 2.05) is 6.92 Å². The molecule has 4 nitrogen and oxygen atoms in total. The van der Waals surface area contributed by atoms with Gasteiger partial charge >= 0.3 is 0 Å². The molecule has 0 spiro atoms. The van der Waals surface area contributed by atoms with Crippen LogP contribution in [0.5, 0.6) is 0 Å². The van der Waals surface area contributed by atoms with Crippen molar-refractivity contribution in [1.29, 1.82) is 5.26 Å². The van der Waals surface area contributed by atoms with Crippen molar-refractivity contribution in [3.8, 4) is 6.07 Å². The monoisotopic (exact) mass is 254 g/mol. The molecule has 0 amide bonds. The molecule has 1 heterocycles. The summed E-state index contributed by atoms with van der Waals surface area (Å²) in [4.78, 5) is 0. The first-order chi connectivity index (χ1) is 8.56. The van der Waals surface area contributed by atoms with Crippen molar-refractivity contribution in [2.45, 2.75) is 64.1 Å². The highest BCUT2D eigenvalue weighted by molar-refractivity contribution is 5.04. The lowest BCUT2D eigenvalue weighted by atomic mass is 9.96. The molecule has 0 bridgehead atoms. The highest BCUT2D eigenvalue weighted by Crippen LogP contribution is 2.15. The third-order valence-electron chi connectivity index (χ3n) is 3.17. The van der Waals surface area contributed by atoms with Crippen molar-refractivity contribution in [2.24, 2.45) is 0 Å². The van der Waals surface area contributed by atoms with Crippen molar-refractivity contribution in [1.82, 2.24) is 5.32 Å². The standard InChI is InChI=1S/C14H26N2O2/c1-12(2)16-14(3,11-15)7-4-5-8-18-13-6-9-17-10-13/h12-13,16H,4-10H2,1-3H3. The Hall–Kier alpha value is -0.630. The molecule has 0 aromatic rings. The summed E-state index contributed by atoms with van der Waals surface area (Å²) in [5.74, 6) is 0. The van der Waals surface area contributed by atoms with Crippen LogP contribution in [0.4, 0.5) is 0 Å². The van der Waals surface area contributed by atoms with Gasteiger partial charge in [-0.1, -0.05) is 0 Å². The first-order valence-corrected chi connectivity index (χ1v) is 6.94. The molecule has 0 aliphatic carbocycles. The zero-order chi connectivity index (χ0) is 13.4. The van der Waals surface area contributed by atoms with E-state index in [1.165, 1.54) is 0 Å². The summed E-state index contributed by atoms with van der Waals surface area (Å²) in [7, 11) is 0. The lowest BCUT2D eigenvalue weighted by Crippen LogP contribution is -2.44. The minimum atomic E-state index is -0.412. The van der Waals surface area contributed by atoms with Gasteiger partial charge in [0.1, 0.15) is 5.54 Å². The van der Waals surface area contributed by atoms with Gasteiger partial charge in [0.15, 0.2) is 0 Å². The van der Waals surface area contributed by atoms with Gasteiger partial charge in [0.2, 0.25) is 0 Å². The first kappa shape index (κ1) is 15.4. The molecule has 1 N–H and O–H groups in total. The van der Waals surface area contributed by atoms with Crippen LogP contribution in [-0.4, -0.2) is 37.5 Å². The molecular weight excluding hydrogens is 228 g/mol. The predicted octanol–water partition coefficient (Wildman–Crippen LogP) is 2.24. The van der Waals surface area contributed by atoms with Crippen LogP contribution in [0, 0.1) is 11.3 Å². The fraction of sp³-hybridized carbons (Fsp3) is 0.929. The normalized spacial score (nSPS) is 22.9. The number of hydrogen-bond donors (Lipinski definition) is 1. The summed E-state index contributed by atoms with van der Waals surface area (Å²) in [6, 6.07) is 2.70. The molecule has 104 valence electrons. The van der Waals surface area contributed by atoms with Crippen LogP contribution in [0.1, 0.15) is 46.5 Å². The summed E-state index contributed by atoms with van der Waals surface area (Å²) in [5, 5.41) is 12.5. The van der Waals surface area contributed by atoms with Gasteiger partial charge in [0, 0.05) is 19.3 Å². The van der Waals surface area contributed by atoms with Gasteiger partial charge in [-0.25, -0.2) is 0 Å². The molecule has 4 heteroatoms. The molecule has 2 unspecified atom stereocenters. The molecule has 1 rings (SSSR count). The lowest BCUT2D eigenvalue weighted by Gasteiger charge is -2.25. The van der Waals surface area contributed by atoms with Gasteiger partial charge in [-0.15, -0.1) is 0 Å². The zero-order valence-electron chi connectivity index (χ0n) is 11.9. The van der Waals surface area contributed by atoms with Gasteiger partial charge in [-0.2, -0.15) is 5.26 Å². The second-order valence-electron chi connectivity index (χ2n) is 5.56. The van der Waals surface area contributed by atoms with Crippen LogP contribution in [0.25, 0.3) is 0 Å². The average molecular weight is 254 g/mol. The largest absolute Gasteiger partial charge is 0.379 e. The molecule has 2 atom stereocenters. The maximum atomic E-state index is 9.20. The maximum absolute atomic E-state index is 9.20. The molecule has 1 aliphatic heterocycles. The topological polar surface area (TPSA) is 54.3 Å². The number of nitrogens with zero attached hydrogens (tertiary/aromatic N) is 1. The van der Waals surface area contributed by atoms with Crippen LogP contribution < -0.4 is 5.32 Å². The quantitative estimate of drug-likeness (QED) is 0.675. The Bertz CT molecular complexity index is 269. The van der Waals surface area contributed by atoms with Crippen LogP contribution in [0.2, 0.25) is 0 Å². The van der Waals surface area contributed by atoms with Gasteiger partial charge in [0.05, 0.1) is 18.8 Å². The maximum Gasteiger partial charge on any atom is 0.104 e. The first-order valence-electron chi connectivity index (χ1n) is 6.94. The Kier molecular flexibility index (Phi) is 6.62. The third-order valence-corrected chi connectivity index (χ3v) is 3.17. The number of nitrogens with one attached hydrogen (secondary N) is 1. The SMILES string of the molecule is CC(C)NC(C)(C#N)CCCCOC1CCOC1. The van der Waals surface area contributed by atoms with Crippen molar-refractivity contribution < 1.29 is 9.47 Å². The lowest BCUT2D eigenvalue weighted by molar-refractivity contribution is 0.0401. The van der Waals surface area contributed by atoms with Crippen LogP contribution >= 0.6 is 0 Å². The van der Waals surface area contributed by atoms with Crippen LogP contribution in [0.15, 0.2) is 0 Å². The number of unbranched alkanes of at least 4 members (excludes halogenated alkanes) is 1. The van der Waals surface area contributed by atoms with Crippen molar-refractivity contribution in [3.63, 3.8) is 0 Å². The summed E-state index contributed by atoms with van der Waals surface area (Å²) in [6.45, 7) is 8.45. The smallest absolute Gasteiger partial charge is 0.104 e. The minimum absolute atomic E-state index is 0.293. The summed E-state index contributed by atoms with van der Waals surface area (Å²) in [5.41, 5.74) is -0.412. The van der Waals surface area contributed by atoms with E-state index in [4.69, 9.17) is 9.47 Å². The van der Waals surface area contributed by atoms with Crippen LogP contribution in [-0.2, 0) is 9.47 Å². The van der Waals surface area contributed by atoms with E-state index in [2.05, 4.69) is 25.2 Å². The Labute approximate surface area is 111 Å². The number of hydrogen-bond acceptors (Lipinski definition) is 4. The van der Waals surface area contributed by atoms with Crippen molar-refractivity contribution in [3.05, 3.63) is 0 Å². The summed E-state index contributed by atoms with van der Waals surface area (Å²) >= 11 is 0. The van der Waals surface area contributed by atoms with E-state index in [1.54, 1.807) is 0 Å². The second kappa shape index (κ2) is 7.73. The van der Waals surface area contributed by atoms with E-state index in [-0.39, 0.29) is 0 Å². The van der Waals surface area contributed by atoms with Crippen molar-refractivity contribution in [2.75, 3.05) is 19.8 Å². The van der Waals surface area contributed by atoms with E-state index in [0.717, 1.165) is 45.5 Å². The second-order valence-corrected chi connectivity index (χ2v) is 5.56. The fourth-order valence-corrected chi connectivity index (χ4v) is 2.27. The Morgan fingerprint density at radius 2 is 2.28 bits per heavy atom. The van der Waals surface area contributed by atoms with E-state index < -0.39 is 5.54 Å². The molecule has 0 aromatic heterocycles. The molecule has 1 aliphatic rings. The van der Waals surface area contributed by atoms with E-state index in [9.17, 15) is 5.26 Å². The molecular formula is C14H26N2O2. The van der Waals surface area contributed by atoms with E-state index >= 15 is 0 Å². The highest BCUT2D eigenvalue weighted by Gasteiger charge is 2.23. The molecule has 0 aromatic carbocycles. The highest BCUT2D eigenvalue weighted by atomic mass is 16.5. The number of rotatable bonds is 8. The third kappa shape index (κ3) is 5.81. The van der Waals surface area contributed by atoms with Gasteiger partial charge in [-0.3, -0.25) is 5.32 Å². The fourth-order valence-electron chi connectivity index (χ4n) is 2.27. The molecule has 1 saturated heterocycles. The molecule has 0 saturated carbocycles. The van der Waals surface area contributed by atoms with Gasteiger partial charge in [-0.05, 0) is 46.5 Å². The zero-order valence-corrected chi connectivity index (χ0v) is 11.9. The Balaban J connectivity index is 2.09. The number of nitriles is 1. The summed E-state index contributed by atoms with van der Waals surface area (Å²) in [6.07, 6.45) is 4.20. The molecule has 0 radical (unpaired) electrons. The predicted molar refractivity (Wildman–Crippen MR) is 71.3 cm³/mol.